The predicted molar refractivity (Wildman–Crippen MR) is 213 cm³/mol. The number of likely N-dealkylation sites (N-methyl/N-ethyl adjacent to an activating group) is 1. The molecule has 1 unspecified atom stereocenters. The average Bonchev–Trinajstić information content (AvgIpc) is 3.80. The molecule has 1 saturated carbocycles. The highest BCUT2D eigenvalue weighted by Gasteiger charge is 2.56. The van der Waals surface area contributed by atoms with Gasteiger partial charge in [0.15, 0.2) is 6.29 Å². The third kappa shape index (κ3) is 10.8. The summed E-state index contributed by atoms with van der Waals surface area (Å²) in [5, 5.41) is 10.7. The minimum absolute atomic E-state index is 0.0245. The Bertz CT molecular complexity index is 1850. The van der Waals surface area contributed by atoms with Gasteiger partial charge in [0.1, 0.15) is 36.1 Å². The molecule has 7 rings (SSSR count). The number of carbonyl (C=O) groups is 7. The van der Waals surface area contributed by atoms with Crippen molar-refractivity contribution in [2.75, 3.05) is 33.8 Å². The van der Waals surface area contributed by atoms with Crippen LogP contribution in [0.25, 0.3) is 0 Å². The molecular weight excluding hydrogens is 761 g/mol. The number of Topliss-reactive ketones (excluding diaryl/α,β-unsaturated/α-hetero) is 1. The van der Waals surface area contributed by atoms with Gasteiger partial charge < -0.3 is 45.3 Å². The van der Waals surface area contributed by atoms with Crippen LogP contribution in [-0.4, -0.2) is 121 Å². The Morgan fingerprint density at radius 3 is 2.41 bits per heavy atom. The average molecular weight is 817 g/mol. The molecule has 318 valence electrons. The molecule has 7 atom stereocenters. The van der Waals surface area contributed by atoms with Crippen LogP contribution in [-0.2, 0) is 49.5 Å². The SMILES string of the molecule is CCC[C@H](NC(=O)[C@@H]1[C@H]2OC3CCCOc4cccc(c4)CC(=O)N[C@@H](C4CCCCC4)C(=O)N1C[C@@H]2O3)C(=O)C(=O)NCC(=O)N[C@H](C(=O)N(C)C)c1ccccc1. The van der Waals surface area contributed by atoms with E-state index in [4.69, 9.17) is 14.2 Å². The molecule has 5 aliphatic rings. The highest BCUT2D eigenvalue weighted by atomic mass is 16.7. The Kier molecular flexibility index (Phi) is 14.7. The van der Waals surface area contributed by atoms with Crippen LogP contribution in [0.4, 0.5) is 0 Å². The van der Waals surface area contributed by atoms with Crippen molar-refractivity contribution in [3.05, 3.63) is 65.7 Å². The Hall–Kier alpha value is -5.35. The topological polar surface area (TPSA) is 202 Å². The number of hydrogen-bond donors (Lipinski definition) is 4. The van der Waals surface area contributed by atoms with Gasteiger partial charge in [0.2, 0.25) is 35.3 Å². The minimum Gasteiger partial charge on any atom is -0.494 e. The molecule has 4 N–H and O–H groups in total. The number of ketones is 1. The predicted octanol–water partition coefficient (Wildman–Crippen LogP) is 1.70. The van der Waals surface area contributed by atoms with Gasteiger partial charge in [0.05, 0.1) is 32.2 Å². The van der Waals surface area contributed by atoms with Crippen LogP contribution >= 0.6 is 0 Å². The van der Waals surface area contributed by atoms with E-state index >= 15 is 0 Å². The largest absolute Gasteiger partial charge is 0.494 e. The fourth-order valence-electron chi connectivity index (χ4n) is 8.38. The Balaban J connectivity index is 1.18. The van der Waals surface area contributed by atoms with Crippen LogP contribution in [0, 0.1) is 5.92 Å². The first kappa shape index (κ1) is 43.2. The van der Waals surface area contributed by atoms with Crippen molar-refractivity contribution >= 4 is 41.2 Å². The second kappa shape index (κ2) is 20.1. The number of hydrogen-bond acceptors (Lipinski definition) is 10. The summed E-state index contributed by atoms with van der Waals surface area (Å²) in [6.07, 6.45) is 3.64. The zero-order chi connectivity index (χ0) is 42.1. The summed E-state index contributed by atoms with van der Waals surface area (Å²) in [5.74, 6) is -4.18. The molecule has 6 amide bonds. The summed E-state index contributed by atoms with van der Waals surface area (Å²) >= 11 is 0. The summed E-state index contributed by atoms with van der Waals surface area (Å²) in [7, 11) is 3.12. The lowest BCUT2D eigenvalue weighted by molar-refractivity contribution is -0.151. The van der Waals surface area contributed by atoms with E-state index in [0.717, 1.165) is 37.7 Å². The maximum Gasteiger partial charge on any atom is 0.290 e. The molecule has 16 nitrogen and oxygen atoms in total. The number of nitrogens with one attached hydrogen (secondary N) is 4. The molecule has 16 heteroatoms. The van der Waals surface area contributed by atoms with E-state index in [-0.39, 0.29) is 37.1 Å². The lowest BCUT2D eigenvalue weighted by atomic mass is 9.83. The second-order valence-corrected chi connectivity index (χ2v) is 15.9. The van der Waals surface area contributed by atoms with Crippen LogP contribution in [0.1, 0.15) is 81.9 Å². The highest BCUT2D eigenvalue weighted by molar-refractivity contribution is 6.38. The molecule has 2 aromatic carbocycles. The first-order valence-electron chi connectivity index (χ1n) is 20.7. The Labute approximate surface area is 344 Å². The van der Waals surface area contributed by atoms with Gasteiger partial charge in [-0.15, -0.1) is 0 Å². The molecule has 3 fully saturated rings. The summed E-state index contributed by atoms with van der Waals surface area (Å²) in [6, 6.07) is 11.5. The normalized spacial score (nSPS) is 24.5. The molecule has 59 heavy (non-hydrogen) atoms. The molecule has 4 aliphatic heterocycles. The third-order valence-electron chi connectivity index (χ3n) is 11.4. The van der Waals surface area contributed by atoms with Crippen LogP contribution in [0.15, 0.2) is 54.6 Å². The number of rotatable bonds is 12. The van der Waals surface area contributed by atoms with Gasteiger partial charge in [0.25, 0.3) is 5.91 Å². The van der Waals surface area contributed by atoms with Crippen molar-refractivity contribution in [1.82, 2.24) is 31.1 Å². The van der Waals surface area contributed by atoms with E-state index in [1.807, 2.05) is 24.3 Å². The third-order valence-corrected chi connectivity index (χ3v) is 11.4. The number of benzene rings is 2. The number of amides is 6. The standard InChI is InChI=1S/C43H56N6O10/c1-4-13-30(38(52)41(54)44-24-33(51)47-35(42(55)48(2)3)27-15-7-5-8-16-27)45-40(53)37-39-31-25-49(37)43(56)36(28-17-9-6-10-18-28)46-32(50)23-26-14-11-19-29(22-26)57-21-12-20-34(58-31)59-39/h5,7-8,11,14-16,19,22,28,30-31,34-37,39H,4,6,9-10,12-13,17-18,20-21,23-25H2,1-3H3,(H,44,54)(H,45,53)(H,46,50)(H,47,51)/t30-,31-,34?,35-,36-,37-,39-/m0/s1. The first-order chi connectivity index (χ1) is 28.4. The Morgan fingerprint density at radius 2 is 1.68 bits per heavy atom. The fourth-order valence-corrected chi connectivity index (χ4v) is 8.38. The molecule has 1 aliphatic carbocycles. The molecule has 2 aromatic rings. The summed E-state index contributed by atoms with van der Waals surface area (Å²) in [5.41, 5.74) is 1.28. The molecule has 0 spiro atoms. The van der Waals surface area contributed by atoms with Crippen LogP contribution in [0.5, 0.6) is 5.75 Å². The lowest BCUT2D eigenvalue weighted by Crippen LogP contribution is -2.60. The zero-order valence-electron chi connectivity index (χ0n) is 34.0. The van der Waals surface area contributed by atoms with Gasteiger partial charge >= 0.3 is 0 Å². The minimum atomic E-state index is -1.29. The zero-order valence-corrected chi connectivity index (χ0v) is 34.0. The van der Waals surface area contributed by atoms with Crippen molar-refractivity contribution in [1.29, 1.82) is 0 Å². The monoisotopic (exact) mass is 816 g/mol. The molecule has 0 radical (unpaired) electrons. The van der Waals surface area contributed by atoms with Crippen molar-refractivity contribution < 1.29 is 47.8 Å². The maximum atomic E-state index is 14.7. The van der Waals surface area contributed by atoms with E-state index in [1.54, 1.807) is 51.4 Å². The van der Waals surface area contributed by atoms with Crippen molar-refractivity contribution in [2.45, 2.75) is 114 Å². The van der Waals surface area contributed by atoms with Gasteiger partial charge in [-0.2, -0.15) is 0 Å². The van der Waals surface area contributed by atoms with Gasteiger partial charge in [-0.25, -0.2) is 0 Å². The fraction of sp³-hybridized carbons (Fsp3) is 0.558. The van der Waals surface area contributed by atoms with Crippen molar-refractivity contribution in [2.24, 2.45) is 5.92 Å². The number of carbonyl (C=O) groups excluding carboxylic acids is 7. The van der Waals surface area contributed by atoms with Crippen LogP contribution < -0.4 is 26.0 Å². The number of nitrogens with zero attached hydrogens (tertiary/aromatic N) is 2. The van der Waals surface area contributed by atoms with Gasteiger partial charge in [0, 0.05) is 20.5 Å². The number of ether oxygens (including phenoxy) is 3. The van der Waals surface area contributed by atoms with Crippen LogP contribution in [0.3, 0.4) is 0 Å². The molecular formula is C43H56N6O10. The van der Waals surface area contributed by atoms with E-state index in [2.05, 4.69) is 21.3 Å². The summed E-state index contributed by atoms with van der Waals surface area (Å²) in [6.45, 7) is 1.57. The molecule has 2 saturated heterocycles. The maximum absolute atomic E-state index is 14.7. The smallest absolute Gasteiger partial charge is 0.290 e. The van der Waals surface area contributed by atoms with Crippen molar-refractivity contribution in [3.8, 4) is 5.75 Å². The van der Waals surface area contributed by atoms with Crippen LogP contribution in [0.2, 0.25) is 0 Å². The van der Waals surface area contributed by atoms with Gasteiger partial charge in [-0.3, -0.25) is 33.6 Å². The van der Waals surface area contributed by atoms with E-state index < -0.39 is 78.6 Å². The van der Waals surface area contributed by atoms with E-state index in [1.165, 1.54) is 9.80 Å². The molecule has 0 aromatic heterocycles. The van der Waals surface area contributed by atoms with Gasteiger partial charge in [-0.05, 0) is 54.9 Å². The molecule has 4 heterocycles. The number of fused-ring (bicyclic) bond motifs is 7. The van der Waals surface area contributed by atoms with Gasteiger partial charge in [-0.1, -0.05) is 75.1 Å². The quantitative estimate of drug-likeness (QED) is 0.229. The summed E-state index contributed by atoms with van der Waals surface area (Å²) < 4.78 is 18.5. The summed E-state index contributed by atoms with van der Waals surface area (Å²) in [4.78, 5) is 98.2. The van der Waals surface area contributed by atoms with E-state index in [0.29, 0.717) is 37.2 Å². The highest BCUT2D eigenvalue weighted by Crippen LogP contribution is 2.36. The second-order valence-electron chi connectivity index (χ2n) is 15.9. The first-order valence-corrected chi connectivity index (χ1v) is 20.7. The molecule has 6 bridgehead atoms. The van der Waals surface area contributed by atoms with E-state index in [9.17, 15) is 33.6 Å². The van der Waals surface area contributed by atoms with Crippen molar-refractivity contribution in [3.63, 3.8) is 0 Å². The lowest BCUT2D eigenvalue weighted by Gasteiger charge is -2.35. The Morgan fingerprint density at radius 1 is 0.915 bits per heavy atom.